The van der Waals surface area contributed by atoms with Gasteiger partial charge in [0.2, 0.25) is 0 Å². The number of benzene rings is 1. The van der Waals surface area contributed by atoms with E-state index in [9.17, 15) is 9.59 Å². The van der Waals surface area contributed by atoms with Gasteiger partial charge >= 0.3 is 0 Å². The Kier molecular flexibility index (Phi) is 3.04. The van der Waals surface area contributed by atoms with E-state index in [1.54, 1.807) is 11.9 Å². The molecule has 0 radical (unpaired) electrons. The molecule has 0 fully saturated rings. The molecular weight excluding hydrogens is 292 g/mol. The fourth-order valence-electron chi connectivity index (χ4n) is 3.12. The summed E-state index contributed by atoms with van der Waals surface area (Å²) in [5, 5.41) is 1.01. The Balaban J connectivity index is 1.69. The highest BCUT2D eigenvalue weighted by Crippen LogP contribution is 2.21. The Morgan fingerprint density at radius 2 is 2.17 bits per heavy atom. The number of carbonyl (C=O) groups is 1. The van der Waals surface area contributed by atoms with E-state index < -0.39 is 0 Å². The van der Waals surface area contributed by atoms with Crippen molar-refractivity contribution in [2.45, 2.75) is 13.0 Å². The second-order valence-electron chi connectivity index (χ2n) is 5.81. The number of H-pyrrole nitrogens is 1. The average molecular weight is 308 g/mol. The summed E-state index contributed by atoms with van der Waals surface area (Å²) >= 11 is 0. The number of aryl methyl sites for hydroxylation is 1. The fraction of sp³-hybridized carbons (Fsp3) is 0.235. The summed E-state index contributed by atoms with van der Waals surface area (Å²) < 4.78 is 1.48. The molecule has 0 saturated carbocycles. The van der Waals surface area contributed by atoms with Crippen LogP contribution in [-0.4, -0.2) is 31.9 Å². The standard InChI is InChI=1S/C17H16N4O2/c1-20-10-19-14-9-21(8-6-12(14)16(20)22)17(23)13-4-2-3-11-5-7-18-15(11)13/h2-5,7,10,18H,6,8-9H2,1H3. The first kappa shape index (κ1) is 13.8. The van der Waals surface area contributed by atoms with Gasteiger partial charge in [-0.1, -0.05) is 12.1 Å². The molecule has 0 atom stereocenters. The lowest BCUT2D eigenvalue weighted by Gasteiger charge is -2.28. The molecule has 6 nitrogen and oxygen atoms in total. The molecule has 1 aromatic carbocycles. The molecule has 0 aliphatic carbocycles. The molecule has 3 heterocycles. The van der Waals surface area contributed by atoms with Crippen molar-refractivity contribution >= 4 is 16.8 Å². The maximum Gasteiger partial charge on any atom is 0.256 e. The summed E-state index contributed by atoms with van der Waals surface area (Å²) in [5.41, 5.74) is 2.90. The summed E-state index contributed by atoms with van der Waals surface area (Å²) in [6, 6.07) is 7.63. The first-order chi connectivity index (χ1) is 11.1. The first-order valence-electron chi connectivity index (χ1n) is 7.54. The molecule has 116 valence electrons. The zero-order valence-corrected chi connectivity index (χ0v) is 12.7. The molecule has 1 aliphatic rings. The van der Waals surface area contributed by atoms with Crippen molar-refractivity contribution in [2.75, 3.05) is 6.54 Å². The largest absolute Gasteiger partial charge is 0.361 e. The van der Waals surface area contributed by atoms with Crippen LogP contribution in [0.25, 0.3) is 10.9 Å². The highest BCUT2D eigenvalue weighted by molar-refractivity contribution is 6.05. The fourth-order valence-corrected chi connectivity index (χ4v) is 3.12. The minimum atomic E-state index is -0.0359. The molecule has 6 heteroatoms. The van der Waals surface area contributed by atoms with Crippen LogP contribution in [0, 0.1) is 0 Å². The summed E-state index contributed by atoms with van der Waals surface area (Å²) in [6.45, 7) is 0.908. The maximum absolute atomic E-state index is 12.9. The molecule has 3 aromatic rings. The Bertz CT molecular complexity index is 970. The summed E-state index contributed by atoms with van der Waals surface area (Å²) in [7, 11) is 1.69. The highest BCUT2D eigenvalue weighted by atomic mass is 16.2. The van der Waals surface area contributed by atoms with E-state index in [2.05, 4.69) is 9.97 Å². The third kappa shape index (κ3) is 2.14. The van der Waals surface area contributed by atoms with Crippen LogP contribution in [0.2, 0.25) is 0 Å². The summed E-state index contributed by atoms with van der Waals surface area (Å²) in [6.07, 6.45) is 3.89. The van der Waals surface area contributed by atoms with Gasteiger partial charge in [-0.2, -0.15) is 0 Å². The molecule has 0 unspecified atom stereocenters. The molecule has 4 rings (SSSR count). The topological polar surface area (TPSA) is 71.0 Å². The third-order valence-corrected chi connectivity index (χ3v) is 4.39. The van der Waals surface area contributed by atoms with Gasteiger partial charge in [0.25, 0.3) is 11.5 Å². The van der Waals surface area contributed by atoms with Crippen molar-refractivity contribution in [1.29, 1.82) is 0 Å². The number of nitrogens with zero attached hydrogens (tertiary/aromatic N) is 3. The molecule has 2 aromatic heterocycles. The number of nitrogens with one attached hydrogen (secondary N) is 1. The van der Waals surface area contributed by atoms with Crippen molar-refractivity contribution in [3.8, 4) is 0 Å². The van der Waals surface area contributed by atoms with E-state index in [0.29, 0.717) is 30.8 Å². The minimum absolute atomic E-state index is 0.0198. The van der Waals surface area contributed by atoms with Gasteiger partial charge in [-0.3, -0.25) is 9.59 Å². The molecule has 23 heavy (non-hydrogen) atoms. The van der Waals surface area contributed by atoms with Crippen molar-refractivity contribution in [1.82, 2.24) is 19.4 Å². The van der Waals surface area contributed by atoms with Gasteiger partial charge < -0.3 is 14.5 Å². The van der Waals surface area contributed by atoms with Gasteiger partial charge in [0.15, 0.2) is 0 Å². The van der Waals surface area contributed by atoms with Crippen LogP contribution in [0.15, 0.2) is 41.6 Å². The normalized spacial score (nSPS) is 14.0. The van der Waals surface area contributed by atoms with Crippen LogP contribution >= 0.6 is 0 Å². The van der Waals surface area contributed by atoms with Crippen molar-refractivity contribution in [2.24, 2.45) is 7.05 Å². The van der Waals surface area contributed by atoms with Crippen LogP contribution in [0.3, 0.4) is 0 Å². The van der Waals surface area contributed by atoms with Crippen LogP contribution < -0.4 is 5.56 Å². The highest BCUT2D eigenvalue weighted by Gasteiger charge is 2.25. The van der Waals surface area contributed by atoms with E-state index in [1.807, 2.05) is 30.5 Å². The molecular formula is C17H16N4O2. The second-order valence-corrected chi connectivity index (χ2v) is 5.81. The predicted octanol–water partition coefficient (Wildman–Crippen LogP) is 1.46. The number of amides is 1. The van der Waals surface area contributed by atoms with Crippen molar-refractivity contribution in [3.63, 3.8) is 0 Å². The van der Waals surface area contributed by atoms with E-state index in [4.69, 9.17) is 0 Å². The average Bonchev–Trinajstić information content (AvgIpc) is 3.06. The number of rotatable bonds is 1. The zero-order valence-electron chi connectivity index (χ0n) is 12.7. The van der Waals surface area contributed by atoms with Crippen molar-refractivity contribution < 1.29 is 4.79 Å². The Morgan fingerprint density at radius 1 is 1.30 bits per heavy atom. The monoisotopic (exact) mass is 308 g/mol. The SMILES string of the molecule is Cn1cnc2c(c1=O)CCN(C(=O)c1cccc3cc[nH]c13)C2. The predicted molar refractivity (Wildman–Crippen MR) is 86.2 cm³/mol. The molecule has 0 saturated heterocycles. The van der Waals surface area contributed by atoms with E-state index in [-0.39, 0.29) is 11.5 Å². The van der Waals surface area contributed by atoms with Crippen LogP contribution in [-0.2, 0) is 20.0 Å². The Morgan fingerprint density at radius 3 is 3.04 bits per heavy atom. The molecule has 0 spiro atoms. The lowest BCUT2D eigenvalue weighted by Crippen LogP contribution is -2.40. The third-order valence-electron chi connectivity index (χ3n) is 4.39. The van der Waals surface area contributed by atoms with Crippen LogP contribution in [0.4, 0.5) is 0 Å². The zero-order chi connectivity index (χ0) is 16.0. The van der Waals surface area contributed by atoms with Gasteiger partial charge in [-0.25, -0.2) is 4.98 Å². The maximum atomic E-state index is 12.9. The number of fused-ring (bicyclic) bond motifs is 2. The van der Waals surface area contributed by atoms with Gasteiger partial charge in [0.05, 0.1) is 29.6 Å². The number of aromatic amines is 1. The lowest BCUT2D eigenvalue weighted by molar-refractivity contribution is 0.0733. The Labute approximate surface area is 132 Å². The minimum Gasteiger partial charge on any atom is -0.361 e. The number of para-hydroxylation sites is 1. The molecule has 1 amide bonds. The number of hydrogen-bond acceptors (Lipinski definition) is 3. The van der Waals surface area contributed by atoms with Crippen LogP contribution in [0.1, 0.15) is 21.6 Å². The van der Waals surface area contributed by atoms with E-state index in [1.165, 1.54) is 10.9 Å². The smallest absolute Gasteiger partial charge is 0.256 e. The quantitative estimate of drug-likeness (QED) is 0.740. The van der Waals surface area contributed by atoms with Crippen molar-refractivity contribution in [3.05, 3.63) is 64.0 Å². The van der Waals surface area contributed by atoms with Gasteiger partial charge in [0, 0.05) is 30.7 Å². The van der Waals surface area contributed by atoms with Gasteiger partial charge in [-0.05, 0) is 18.6 Å². The summed E-state index contributed by atoms with van der Waals surface area (Å²) in [5.74, 6) is -0.0359. The molecule has 0 bridgehead atoms. The van der Waals surface area contributed by atoms with E-state index in [0.717, 1.165) is 16.5 Å². The van der Waals surface area contributed by atoms with Crippen LogP contribution in [0.5, 0.6) is 0 Å². The van der Waals surface area contributed by atoms with Gasteiger partial charge in [-0.15, -0.1) is 0 Å². The number of carbonyl (C=O) groups excluding carboxylic acids is 1. The second kappa shape index (κ2) is 5.08. The summed E-state index contributed by atoms with van der Waals surface area (Å²) in [4.78, 5) is 34.2. The number of hydrogen-bond donors (Lipinski definition) is 1. The van der Waals surface area contributed by atoms with Gasteiger partial charge in [0.1, 0.15) is 0 Å². The lowest BCUT2D eigenvalue weighted by atomic mass is 10.0. The Hall–Kier alpha value is -2.89. The molecule has 1 aliphatic heterocycles. The first-order valence-corrected chi connectivity index (χ1v) is 7.54. The number of aromatic nitrogens is 3. The molecule has 1 N–H and O–H groups in total. The van der Waals surface area contributed by atoms with E-state index >= 15 is 0 Å².